The zero-order valence-electron chi connectivity index (χ0n) is 13.6. The van der Waals surface area contributed by atoms with Gasteiger partial charge in [0.1, 0.15) is 11.8 Å². The minimum absolute atomic E-state index is 0.0604. The van der Waals surface area contributed by atoms with Crippen LogP contribution in [0.3, 0.4) is 0 Å². The molecule has 0 spiro atoms. The van der Waals surface area contributed by atoms with E-state index < -0.39 is 6.04 Å². The summed E-state index contributed by atoms with van der Waals surface area (Å²) in [6.07, 6.45) is 0. The lowest BCUT2D eigenvalue weighted by atomic mass is 10.1. The van der Waals surface area contributed by atoms with Gasteiger partial charge >= 0.3 is 0 Å². The number of hydrogen-bond acceptors (Lipinski definition) is 4. The molecule has 1 aromatic rings. The number of carbonyl (C=O) groups excluding carboxylic acids is 2. The van der Waals surface area contributed by atoms with Gasteiger partial charge in [-0.05, 0) is 19.2 Å². The molecule has 0 aliphatic carbocycles. The summed E-state index contributed by atoms with van der Waals surface area (Å²) in [5, 5.41) is 0. The highest BCUT2D eigenvalue weighted by atomic mass is 16.5. The van der Waals surface area contributed by atoms with Gasteiger partial charge in [0.2, 0.25) is 5.91 Å². The van der Waals surface area contributed by atoms with Gasteiger partial charge in [0.25, 0.3) is 5.91 Å². The molecule has 1 atom stereocenters. The normalized spacial score (nSPS) is 18.9. The topological polar surface area (TPSA) is 53.1 Å². The number of benzene rings is 1. The maximum atomic E-state index is 12.9. The molecule has 1 fully saturated rings. The number of ether oxygens (including phenoxy) is 1. The van der Waals surface area contributed by atoms with Crippen LogP contribution in [-0.2, 0) is 4.79 Å². The molecule has 1 aromatic carbocycles. The van der Waals surface area contributed by atoms with Crippen molar-refractivity contribution in [1.29, 1.82) is 0 Å². The second kappa shape index (κ2) is 6.79. The Kier molecular flexibility index (Phi) is 5.03. The van der Waals surface area contributed by atoms with Crippen molar-refractivity contribution in [3.05, 3.63) is 29.8 Å². The monoisotopic (exact) mass is 305 g/mol. The molecule has 2 amide bonds. The second-order valence-electron chi connectivity index (χ2n) is 5.71. The highest BCUT2D eigenvalue weighted by Gasteiger charge is 2.36. The minimum atomic E-state index is -0.467. The first-order valence-electron chi connectivity index (χ1n) is 7.29. The number of likely N-dealkylation sites (N-methyl/N-ethyl adjacent to an activating group) is 2. The van der Waals surface area contributed by atoms with Gasteiger partial charge in [0, 0.05) is 33.7 Å². The van der Waals surface area contributed by atoms with Crippen LogP contribution in [0.15, 0.2) is 24.3 Å². The first-order chi connectivity index (χ1) is 10.5. The quantitative estimate of drug-likeness (QED) is 0.818. The Bertz CT molecular complexity index is 559. The molecule has 6 heteroatoms. The van der Waals surface area contributed by atoms with Crippen molar-refractivity contribution in [2.75, 3.05) is 47.9 Å². The van der Waals surface area contributed by atoms with Crippen molar-refractivity contribution in [1.82, 2.24) is 14.7 Å². The van der Waals surface area contributed by atoms with Gasteiger partial charge in [-0.2, -0.15) is 0 Å². The molecule has 1 unspecified atom stereocenters. The molecule has 6 nitrogen and oxygen atoms in total. The Labute approximate surface area is 131 Å². The molecule has 0 radical (unpaired) electrons. The molecule has 0 N–H and O–H groups in total. The fraction of sp³-hybridized carbons (Fsp3) is 0.500. The standard InChI is InChI=1S/C16H23N3O3/c1-17(2)16(21)13-11-18(3)9-10-19(13)15(20)12-7-5-6-8-14(12)22-4/h5-8,13H,9-11H2,1-4H3. The first-order valence-corrected chi connectivity index (χ1v) is 7.29. The summed E-state index contributed by atoms with van der Waals surface area (Å²) in [4.78, 5) is 30.6. The molecular weight excluding hydrogens is 282 g/mol. The molecule has 0 aromatic heterocycles. The molecule has 1 saturated heterocycles. The summed E-state index contributed by atoms with van der Waals surface area (Å²) >= 11 is 0. The summed E-state index contributed by atoms with van der Waals surface area (Å²) in [7, 11) is 6.92. The van der Waals surface area contributed by atoms with E-state index in [2.05, 4.69) is 4.90 Å². The Morgan fingerprint density at radius 1 is 1.23 bits per heavy atom. The van der Waals surface area contributed by atoms with E-state index in [0.29, 0.717) is 24.4 Å². The van der Waals surface area contributed by atoms with E-state index in [1.54, 1.807) is 44.3 Å². The van der Waals surface area contributed by atoms with Gasteiger partial charge in [-0.25, -0.2) is 0 Å². The lowest BCUT2D eigenvalue weighted by Crippen LogP contribution is -2.59. The molecule has 1 aliphatic rings. The van der Waals surface area contributed by atoms with Crippen LogP contribution in [0.25, 0.3) is 0 Å². The minimum Gasteiger partial charge on any atom is -0.496 e. The summed E-state index contributed by atoms with van der Waals surface area (Å²) in [6.45, 7) is 1.81. The maximum absolute atomic E-state index is 12.9. The van der Waals surface area contributed by atoms with E-state index in [9.17, 15) is 9.59 Å². The van der Waals surface area contributed by atoms with Crippen LogP contribution >= 0.6 is 0 Å². The number of amides is 2. The predicted octanol–water partition coefficient (Wildman–Crippen LogP) is 0.540. The van der Waals surface area contributed by atoms with E-state index in [1.165, 1.54) is 4.90 Å². The number of para-hydroxylation sites is 1. The second-order valence-corrected chi connectivity index (χ2v) is 5.71. The number of carbonyl (C=O) groups is 2. The number of methoxy groups -OCH3 is 1. The van der Waals surface area contributed by atoms with Crippen molar-refractivity contribution < 1.29 is 14.3 Å². The lowest BCUT2D eigenvalue weighted by molar-refractivity contribution is -0.135. The predicted molar refractivity (Wildman–Crippen MR) is 84.0 cm³/mol. The van der Waals surface area contributed by atoms with Crippen LogP contribution in [0.1, 0.15) is 10.4 Å². The van der Waals surface area contributed by atoms with E-state index in [0.717, 1.165) is 6.54 Å². The van der Waals surface area contributed by atoms with E-state index >= 15 is 0 Å². The van der Waals surface area contributed by atoms with E-state index in [1.807, 2.05) is 13.1 Å². The number of hydrogen-bond donors (Lipinski definition) is 0. The molecule has 1 aliphatic heterocycles. The zero-order chi connectivity index (χ0) is 16.3. The Hall–Kier alpha value is -2.08. The number of piperazine rings is 1. The van der Waals surface area contributed by atoms with Crippen LogP contribution in [0.4, 0.5) is 0 Å². The third-order valence-corrected chi connectivity index (χ3v) is 3.91. The van der Waals surface area contributed by atoms with Crippen molar-refractivity contribution >= 4 is 11.8 Å². The molecule has 1 heterocycles. The van der Waals surface area contributed by atoms with Crippen LogP contribution in [0.2, 0.25) is 0 Å². The van der Waals surface area contributed by atoms with Crippen molar-refractivity contribution in [3.63, 3.8) is 0 Å². The van der Waals surface area contributed by atoms with Gasteiger partial charge in [0.15, 0.2) is 0 Å². The van der Waals surface area contributed by atoms with E-state index in [-0.39, 0.29) is 11.8 Å². The number of nitrogens with zero attached hydrogens (tertiary/aromatic N) is 3. The summed E-state index contributed by atoms with van der Waals surface area (Å²) in [5.74, 6) is 0.308. The smallest absolute Gasteiger partial charge is 0.258 e. The molecular formula is C16H23N3O3. The van der Waals surface area contributed by atoms with E-state index in [4.69, 9.17) is 4.74 Å². The molecule has 22 heavy (non-hydrogen) atoms. The highest BCUT2D eigenvalue weighted by molar-refractivity contribution is 5.99. The maximum Gasteiger partial charge on any atom is 0.258 e. The average Bonchev–Trinajstić information content (AvgIpc) is 2.53. The highest BCUT2D eigenvalue weighted by Crippen LogP contribution is 2.22. The number of rotatable bonds is 3. The SMILES string of the molecule is COc1ccccc1C(=O)N1CCN(C)CC1C(=O)N(C)C. The zero-order valence-corrected chi connectivity index (χ0v) is 13.6. The largest absolute Gasteiger partial charge is 0.496 e. The van der Waals surface area contributed by atoms with Crippen molar-refractivity contribution in [2.24, 2.45) is 0 Å². The van der Waals surface area contributed by atoms with Gasteiger partial charge in [-0.15, -0.1) is 0 Å². The van der Waals surface area contributed by atoms with Crippen LogP contribution in [-0.4, -0.2) is 80.4 Å². The summed E-state index contributed by atoms with van der Waals surface area (Å²) < 4.78 is 5.27. The molecule has 120 valence electrons. The Morgan fingerprint density at radius 3 is 2.55 bits per heavy atom. The van der Waals surface area contributed by atoms with Crippen LogP contribution in [0, 0.1) is 0 Å². The average molecular weight is 305 g/mol. The van der Waals surface area contributed by atoms with Gasteiger partial charge in [0.05, 0.1) is 12.7 Å². The third-order valence-electron chi connectivity index (χ3n) is 3.91. The first kappa shape index (κ1) is 16.3. The van der Waals surface area contributed by atoms with Gasteiger partial charge in [-0.3, -0.25) is 9.59 Å². The molecule has 0 bridgehead atoms. The fourth-order valence-electron chi connectivity index (χ4n) is 2.65. The Balaban J connectivity index is 2.31. The Morgan fingerprint density at radius 2 is 1.91 bits per heavy atom. The lowest BCUT2D eigenvalue weighted by Gasteiger charge is -2.40. The van der Waals surface area contributed by atoms with Gasteiger partial charge in [-0.1, -0.05) is 12.1 Å². The summed E-state index contributed by atoms with van der Waals surface area (Å²) in [6, 6.07) is 6.64. The molecule has 0 saturated carbocycles. The van der Waals surface area contributed by atoms with Gasteiger partial charge < -0.3 is 19.4 Å². The molecule has 2 rings (SSSR count). The van der Waals surface area contributed by atoms with Crippen LogP contribution < -0.4 is 4.74 Å². The van der Waals surface area contributed by atoms with Crippen LogP contribution in [0.5, 0.6) is 5.75 Å². The fourth-order valence-corrected chi connectivity index (χ4v) is 2.65. The van der Waals surface area contributed by atoms with Crippen molar-refractivity contribution in [3.8, 4) is 5.75 Å². The summed E-state index contributed by atoms with van der Waals surface area (Å²) in [5.41, 5.74) is 0.492. The third kappa shape index (κ3) is 3.22. The van der Waals surface area contributed by atoms with Crippen molar-refractivity contribution in [2.45, 2.75) is 6.04 Å².